The molecule has 0 aliphatic carbocycles. The third-order valence-corrected chi connectivity index (χ3v) is 16.2. The predicted molar refractivity (Wildman–Crippen MR) is 288 cm³/mol. The Morgan fingerprint density at radius 3 is 2.25 bits per heavy atom. The molecule has 3 aromatic heterocycles. The van der Waals surface area contributed by atoms with Crippen molar-refractivity contribution in [3.05, 3.63) is 104 Å². The zero-order valence-corrected chi connectivity index (χ0v) is 45.8. The van der Waals surface area contributed by atoms with Crippen LogP contribution in [0, 0.1) is 33.1 Å². The first-order valence-corrected chi connectivity index (χ1v) is 27.3. The highest BCUT2D eigenvalue weighted by Gasteiger charge is 2.45. The van der Waals surface area contributed by atoms with Crippen LogP contribution in [-0.4, -0.2) is 127 Å². The number of amides is 7. The zero-order valence-electron chi connectivity index (χ0n) is 43.4. The van der Waals surface area contributed by atoms with Crippen LogP contribution in [0.15, 0.2) is 59.0 Å². The second-order valence-corrected chi connectivity index (χ2v) is 23.0. The Morgan fingerprint density at radius 2 is 1.55 bits per heavy atom. The number of aromatic nitrogens is 4. The van der Waals surface area contributed by atoms with Crippen LogP contribution in [-0.2, 0) is 33.6 Å². The number of aliphatic imine (C=N–C) groups is 1. The van der Waals surface area contributed by atoms with Crippen LogP contribution in [0.5, 0.6) is 0 Å². The van der Waals surface area contributed by atoms with E-state index in [0.29, 0.717) is 35.1 Å². The summed E-state index contributed by atoms with van der Waals surface area (Å²) in [6.45, 7) is 12.1. The van der Waals surface area contributed by atoms with E-state index in [4.69, 9.17) is 16.6 Å². The molecule has 7 N–H and O–H groups in total. The number of halogens is 1. The molecule has 20 nitrogen and oxygen atoms in total. The van der Waals surface area contributed by atoms with E-state index in [2.05, 4.69) is 60.9 Å². The molecule has 6 heterocycles. The summed E-state index contributed by atoms with van der Waals surface area (Å²) in [5, 5.41) is 37.8. The van der Waals surface area contributed by atoms with Gasteiger partial charge in [-0.2, -0.15) is 0 Å². The molecule has 0 saturated carbocycles. The van der Waals surface area contributed by atoms with Gasteiger partial charge in [-0.05, 0) is 81.2 Å². The molecule has 0 spiro atoms. The van der Waals surface area contributed by atoms with Gasteiger partial charge in [0.05, 0.1) is 47.4 Å². The Hall–Kier alpha value is -6.88. The van der Waals surface area contributed by atoms with E-state index in [9.17, 15) is 38.7 Å². The van der Waals surface area contributed by atoms with Crippen molar-refractivity contribution in [1.82, 2.24) is 56.5 Å². The van der Waals surface area contributed by atoms with Gasteiger partial charge in [-0.25, -0.2) is 4.98 Å². The van der Waals surface area contributed by atoms with E-state index in [1.165, 1.54) is 16.2 Å². The van der Waals surface area contributed by atoms with Crippen LogP contribution in [0.3, 0.4) is 0 Å². The number of thiazole rings is 1. The molecule has 2 saturated heterocycles. The molecular formula is C53H63ClN12O8S2. The zero-order chi connectivity index (χ0) is 54.6. The number of benzene rings is 2. The molecule has 7 amide bonds. The molecule has 23 heteroatoms. The molecule has 402 valence electrons. The Balaban J connectivity index is 0.960. The van der Waals surface area contributed by atoms with Gasteiger partial charge in [-0.3, -0.25) is 43.1 Å². The summed E-state index contributed by atoms with van der Waals surface area (Å²) < 4.78 is 1.98. The Kier molecular flexibility index (Phi) is 17.2. The number of aryl methyl sites for hydroxylation is 3. The maximum Gasteiger partial charge on any atom is 0.247 e. The normalized spacial score (nSPS) is 22.0. The van der Waals surface area contributed by atoms with Gasteiger partial charge in [0, 0.05) is 53.0 Å². The van der Waals surface area contributed by atoms with Gasteiger partial charge < -0.3 is 41.9 Å². The number of hydrogen-bond donors (Lipinski definition) is 7. The van der Waals surface area contributed by atoms with Gasteiger partial charge >= 0.3 is 0 Å². The van der Waals surface area contributed by atoms with Crippen molar-refractivity contribution in [2.45, 2.75) is 123 Å². The summed E-state index contributed by atoms with van der Waals surface area (Å²) in [6.07, 6.45) is -0.256. The third-order valence-electron chi connectivity index (χ3n) is 13.8. The number of fused-ring (bicyclic) bond motifs is 4. The molecule has 2 aromatic carbocycles. The molecule has 6 atom stereocenters. The van der Waals surface area contributed by atoms with Crippen LogP contribution in [0.2, 0.25) is 5.02 Å². The molecule has 76 heavy (non-hydrogen) atoms. The molecule has 5 aromatic rings. The number of hydrogen-bond acceptors (Lipinski definition) is 14. The van der Waals surface area contributed by atoms with E-state index in [1.807, 2.05) is 30.5 Å². The van der Waals surface area contributed by atoms with Crippen LogP contribution in [0.4, 0.5) is 0 Å². The lowest BCUT2D eigenvalue weighted by atomic mass is 9.85. The maximum absolute atomic E-state index is 14.3. The summed E-state index contributed by atoms with van der Waals surface area (Å²) >= 11 is 9.34. The van der Waals surface area contributed by atoms with E-state index < -0.39 is 90.3 Å². The number of unbranched alkanes of at least 4 members (excludes halogenated alkanes) is 1. The minimum Gasteiger partial charge on any atom is -0.391 e. The average molecular weight is 1100 g/mol. The monoisotopic (exact) mass is 1090 g/mol. The Labute approximate surface area is 453 Å². The van der Waals surface area contributed by atoms with Gasteiger partial charge in [-0.1, -0.05) is 68.8 Å². The van der Waals surface area contributed by atoms with Crippen molar-refractivity contribution in [2.24, 2.45) is 10.4 Å². The summed E-state index contributed by atoms with van der Waals surface area (Å²) in [6, 6.07) is 9.23. The quantitative estimate of drug-likeness (QED) is 0.0965. The van der Waals surface area contributed by atoms with Crippen LogP contribution >= 0.6 is 34.3 Å². The SMILES string of the molecule is Cc1ncsc1-c1ccc([C@@H]2NC(=O)[C@@H]3C[C@@H](O)CN3C(=O)[C@H](C(C)(C)C)NC(=O)CNC(=O)C[C@@H](CCCCNC(=O)C[C@@H]3N=C(c4ccc(Cl)cc4)c4c(sc(C)c4C)-n4c(C)nnc43)NC(=O)CNC2=O)cc1. The van der Waals surface area contributed by atoms with Crippen LogP contribution < -0.4 is 31.9 Å². The van der Waals surface area contributed by atoms with Gasteiger partial charge in [0.15, 0.2) is 5.82 Å². The summed E-state index contributed by atoms with van der Waals surface area (Å²) in [4.78, 5) is 110. The highest BCUT2D eigenvalue weighted by atomic mass is 35.5. The Bertz CT molecular complexity index is 3050. The van der Waals surface area contributed by atoms with Crippen LogP contribution in [0.1, 0.15) is 116 Å². The number of rotatable bonds is 10. The molecule has 0 bridgehead atoms. The first kappa shape index (κ1) is 55.4. The lowest BCUT2D eigenvalue weighted by molar-refractivity contribution is -0.144. The van der Waals surface area contributed by atoms with E-state index in [0.717, 1.165) is 48.4 Å². The van der Waals surface area contributed by atoms with Gasteiger partial charge in [0.2, 0.25) is 41.4 Å². The first-order valence-electron chi connectivity index (χ1n) is 25.2. The van der Waals surface area contributed by atoms with Crippen molar-refractivity contribution in [2.75, 3.05) is 26.2 Å². The number of carbonyl (C=O) groups excluding carboxylic acids is 7. The summed E-state index contributed by atoms with van der Waals surface area (Å²) in [5.74, 6) is -2.98. The lowest BCUT2D eigenvalue weighted by Gasteiger charge is -2.35. The molecule has 3 aliphatic heterocycles. The van der Waals surface area contributed by atoms with Crippen molar-refractivity contribution in [1.29, 1.82) is 0 Å². The van der Waals surface area contributed by atoms with Gasteiger partial charge in [0.1, 0.15) is 35.0 Å². The topological polar surface area (TPSA) is 271 Å². The number of aliphatic hydroxyl groups is 1. The Morgan fingerprint density at radius 1 is 0.855 bits per heavy atom. The fraction of sp³-hybridized carbons (Fsp3) is 0.453. The van der Waals surface area contributed by atoms with E-state index in [1.54, 1.807) is 74.0 Å². The van der Waals surface area contributed by atoms with E-state index in [-0.39, 0.29) is 44.7 Å². The largest absolute Gasteiger partial charge is 0.391 e. The number of aliphatic hydroxyl groups excluding tert-OH is 1. The number of thiophene rings is 1. The highest BCUT2D eigenvalue weighted by Crippen LogP contribution is 2.40. The molecule has 3 aliphatic rings. The number of nitrogens with zero attached hydrogens (tertiary/aromatic N) is 6. The maximum atomic E-state index is 14.3. The molecular weight excluding hydrogens is 1030 g/mol. The van der Waals surface area contributed by atoms with Crippen molar-refractivity contribution >= 4 is 81.3 Å². The minimum absolute atomic E-state index is 0.0185. The molecule has 0 radical (unpaired) electrons. The summed E-state index contributed by atoms with van der Waals surface area (Å²) in [5.41, 5.74) is 6.49. The minimum atomic E-state index is -1.34. The predicted octanol–water partition coefficient (Wildman–Crippen LogP) is 4.38. The van der Waals surface area contributed by atoms with Crippen molar-refractivity contribution in [3.63, 3.8) is 0 Å². The second-order valence-electron chi connectivity index (χ2n) is 20.5. The first-order chi connectivity index (χ1) is 36.2. The van der Waals surface area contributed by atoms with Gasteiger partial charge in [-0.15, -0.1) is 32.9 Å². The van der Waals surface area contributed by atoms with Crippen LogP contribution in [0.25, 0.3) is 15.4 Å². The van der Waals surface area contributed by atoms with Gasteiger partial charge in [0.25, 0.3) is 0 Å². The molecule has 8 rings (SSSR count). The van der Waals surface area contributed by atoms with Crippen molar-refractivity contribution in [3.8, 4) is 15.4 Å². The van der Waals surface area contributed by atoms with E-state index >= 15 is 0 Å². The second kappa shape index (κ2) is 23.6. The highest BCUT2D eigenvalue weighted by molar-refractivity contribution is 7.15. The van der Waals surface area contributed by atoms with Crippen molar-refractivity contribution < 1.29 is 38.7 Å². The number of nitrogens with one attached hydrogen (secondary N) is 6. The lowest BCUT2D eigenvalue weighted by Crippen LogP contribution is -2.59. The fourth-order valence-corrected chi connectivity index (χ4v) is 11.8. The third kappa shape index (κ3) is 12.7. The molecule has 0 unspecified atom stereocenters. The molecule has 2 fully saturated rings. The fourth-order valence-electron chi connectivity index (χ4n) is 9.65. The number of carbonyl (C=O) groups is 7. The average Bonchev–Trinajstić information content (AvgIpc) is 4.15. The standard InChI is InChI=1S/C53H63ClN12O8S2/c1-27-29(3)76-52-43(27)44(31-15-17-34(54)18-16-31)60-37(48-64-63-30(4)66(48)52)22-40(69)55-19-9-8-10-35-20-39(68)56-23-42(71)61-47(53(5,6)7)51(74)65-25-36(67)21-38(65)49(72)62-45(50(73)57-24-41(70)59-35)32-11-13-33(14-12-32)46-28(2)58-26-75-46/h11-18,26,35-38,45,47,67H,8-10,19-25H2,1-7H3,(H,55,69)(H,56,68)(H,57,73)(H,59,70)(H,61,71)(H,62,72)/t35-,36-,37+,38+,45+,47-/m1/s1. The smallest absolute Gasteiger partial charge is 0.247 e. The summed E-state index contributed by atoms with van der Waals surface area (Å²) in [7, 11) is 0.